The molecule has 0 atom stereocenters. The molecule has 0 saturated carbocycles. The number of aliphatic hydroxyl groups excluding tert-OH is 1. The maximum absolute atomic E-state index is 12.9. The molecule has 0 spiro atoms. The number of nitrogens with zero attached hydrogens (tertiary/aromatic N) is 2. The van der Waals surface area contributed by atoms with Gasteiger partial charge in [0, 0.05) is 6.20 Å². The summed E-state index contributed by atoms with van der Waals surface area (Å²) in [5.74, 6) is -0.576. The standard InChI is InChI=1S/C15H18F3N3O2/c1-4-10-12(13(23)20-14(2,3)8-22)21-7-9(15(16,17)18)5-6-11(21)19-10/h5-7,22H,4,8H2,1-3H3,(H,20,23). The highest BCUT2D eigenvalue weighted by molar-refractivity contribution is 5.95. The minimum Gasteiger partial charge on any atom is -0.394 e. The Morgan fingerprint density at radius 1 is 1.35 bits per heavy atom. The van der Waals surface area contributed by atoms with E-state index in [1.165, 1.54) is 6.07 Å². The lowest BCUT2D eigenvalue weighted by Gasteiger charge is -2.23. The molecule has 0 unspecified atom stereocenters. The van der Waals surface area contributed by atoms with Gasteiger partial charge < -0.3 is 10.4 Å². The summed E-state index contributed by atoms with van der Waals surface area (Å²) < 4.78 is 39.8. The van der Waals surface area contributed by atoms with Crippen LogP contribution < -0.4 is 5.32 Å². The van der Waals surface area contributed by atoms with Gasteiger partial charge in [0.1, 0.15) is 11.3 Å². The zero-order valence-electron chi connectivity index (χ0n) is 13.0. The number of aryl methyl sites for hydroxylation is 1. The van der Waals surface area contributed by atoms with Crippen molar-refractivity contribution < 1.29 is 23.1 Å². The number of rotatable bonds is 4. The summed E-state index contributed by atoms with van der Waals surface area (Å²) in [6, 6.07) is 2.16. The van der Waals surface area contributed by atoms with Crippen LogP contribution in [0.5, 0.6) is 0 Å². The number of halogens is 3. The van der Waals surface area contributed by atoms with Gasteiger partial charge in [-0.05, 0) is 32.4 Å². The second kappa shape index (κ2) is 5.84. The molecule has 0 aliphatic heterocycles. The Balaban J connectivity index is 2.58. The number of aromatic nitrogens is 2. The molecule has 2 N–H and O–H groups in total. The first kappa shape index (κ1) is 17.3. The molecule has 2 aromatic rings. The summed E-state index contributed by atoms with van der Waals surface area (Å²) in [5, 5.41) is 11.8. The minimum atomic E-state index is -4.51. The quantitative estimate of drug-likeness (QED) is 0.905. The number of amides is 1. The average Bonchev–Trinajstić information content (AvgIpc) is 2.83. The number of nitrogens with one attached hydrogen (secondary N) is 1. The fourth-order valence-corrected chi connectivity index (χ4v) is 2.15. The first-order valence-corrected chi connectivity index (χ1v) is 7.10. The molecule has 23 heavy (non-hydrogen) atoms. The molecule has 0 radical (unpaired) electrons. The number of alkyl halides is 3. The number of pyridine rings is 1. The molecule has 1 amide bonds. The Hall–Kier alpha value is -2.09. The summed E-state index contributed by atoms with van der Waals surface area (Å²) >= 11 is 0. The number of carbonyl (C=O) groups excluding carboxylic acids is 1. The normalized spacial score (nSPS) is 12.7. The number of hydrogen-bond donors (Lipinski definition) is 2. The van der Waals surface area contributed by atoms with E-state index >= 15 is 0 Å². The predicted molar refractivity (Wildman–Crippen MR) is 78.2 cm³/mol. The second-order valence-electron chi connectivity index (χ2n) is 5.90. The Morgan fingerprint density at radius 3 is 2.52 bits per heavy atom. The third kappa shape index (κ3) is 3.47. The van der Waals surface area contributed by atoms with E-state index in [9.17, 15) is 23.1 Å². The predicted octanol–water partition coefficient (Wildman–Crippen LogP) is 2.42. The first-order valence-electron chi connectivity index (χ1n) is 7.10. The molecule has 0 bridgehead atoms. The van der Waals surface area contributed by atoms with Crippen molar-refractivity contribution in [1.82, 2.24) is 14.7 Å². The summed E-state index contributed by atoms with van der Waals surface area (Å²) in [7, 11) is 0. The Kier molecular flexibility index (Phi) is 4.39. The van der Waals surface area contributed by atoms with Crippen molar-refractivity contribution >= 4 is 11.6 Å². The summed E-state index contributed by atoms with van der Waals surface area (Å²) in [6.07, 6.45) is -3.25. The average molecular weight is 329 g/mol. The van der Waals surface area contributed by atoms with Crippen LogP contribution in [-0.2, 0) is 12.6 Å². The van der Waals surface area contributed by atoms with Gasteiger partial charge in [0.2, 0.25) is 0 Å². The van der Waals surface area contributed by atoms with Gasteiger partial charge in [0.25, 0.3) is 5.91 Å². The van der Waals surface area contributed by atoms with Crippen molar-refractivity contribution in [3.8, 4) is 0 Å². The molecule has 0 aromatic carbocycles. The van der Waals surface area contributed by atoms with Crippen molar-refractivity contribution in [3.63, 3.8) is 0 Å². The lowest BCUT2D eigenvalue weighted by Crippen LogP contribution is -2.46. The molecule has 2 rings (SSSR count). The van der Waals surface area contributed by atoms with Crippen LogP contribution in [-0.4, -0.2) is 32.5 Å². The van der Waals surface area contributed by atoms with Crippen molar-refractivity contribution in [2.24, 2.45) is 0 Å². The number of hydrogen-bond acceptors (Lipinski definition) is 3. The van der Waals surface area contributed by atoms with E-state index in [0.717, 1.165) is 16.7 Å². The highest BCUT2D eigenvalue weighted by Crippen LogP contribution is 2.30. The molecule has 0 saturated heterocycles. The van der Waals surface area contributed by atoms with Gasteiger partial charge in [0.05, 0.1) is 23.4 Å². The Bertz CT molecular complexity index is 735. The monoisotopic (exact) mass is 329 g/mol. The van der Waals surface area contributed by atoms with Gasteiger partial charge in [-0.2, -0.15) is 13.2 Å². The summed E-state index contributed by atoms with van der Waals surface area (Å²) in [6.45, 7) is 4.69. The van der Waals surface area contributed by atoms with E-state index in [0.29, 0.717) is 12.1 Å². The van der Waals surface area contributed by atoms with Gasteiger partial charge >= 0.3 is 6.18 Å². The van der Waals surface area contributed by atoms with Crippen LogP contribution in [0.15, 0.2) is 18.3 Å². The topological polar surface area (TPSA) is 66.6 Å². The largest absolute Gasteiger partial charge is 0.417 e. The SMILES string of the molecule is CCc1nc2ccc(C(F)(F)F)cn2c1C(=O)NC(C)(C)CO. The number of imidazole rings is 1. The molecular weight excluding hydrogens is 311 g/mol. The molecule has 2 aromatic heterocycles. The van der Waals surface area contributed by atoms with Crippen molar-refractivity contribution in [3.05, 3.63) is 35.3 Å². The van der Waals surface area contributed by atoms with Gasteiger partial charge in [0.15, 0.2) is 0 Å². The van der Waals surface area contributed by atoms with Gasteiger partial charge in [-0.15, -0.1) is 0 Å². The van der Waals surface area contributed by atoms with Crippen LogP contribution in [0, 0.1) is 0 Å². The molecule has 8 heteroatoms. The fraction of sp³-hybridized carbons (Fsp3) is 0.467. The highest BCUT2D eigenvalue weighted by atomic mass is 19.4. The van der Waals surface area contributed by atoms with Crippen LogP contribution in [0.4, 0.5) is 13.2 Å². The van der Waals surface area contributed by atoms with Gasteiger partial charge in [-0.25, -0.2) is 4.98 Å². The molecule has 5 nitrogen and oxygen atoms in total. The van der Waals surface area contributed by atoms with Crippen LogP contribution in [0.1, 0.15) is 42.5 Å². The van der Waals surface area contributed by atoms with Crippen molar-refractivity contribution in [2.75, 3.05) is 6.61 Å². The minimum absolute atomic E-state index is 0.0510. The molecule has 2 heterocycles. The molecular formula is C15H18F3N3O2. The van der Waals surface area contributed by atoms with Crippen LogP contribution in [0.3, 0.4) is 0 Å². The van der Waals surface area contributed by atoms with E-state index < -0.39 is 23.2 Å². The third-order valence-electron chi connectivity index (χ3n) is 3.42. The van der Waals surface area contributed by atoms with Crippen LogP contribution in [0.2, 0.25) is 0 Å². The van der Waals surface area contributed by atoms with Crippen molar-refractivity contribution in [1.29, 1.82) is 0 Å². The maximum Gasteiger partial charge on any atom is 0.417 e. The smallest absolute Gasteiger partial charge is 0.394 e. The van der Waals surface area contributed by atoms with Crippen molar-refractivity contribution in [2.45, 2.75) is 38.9 Å². The van der Waals surface area contributed by atoms with Gasteiger partial charge in [-0.3, -0.25) is 9.20 Å². The zero-order valence-corrected chi connectivity index (χ0v) is 13.0. The van der Waals surface area contributed by atoms with E-state index in [-0.39, 0.29) is 17.9 Å². The van der Waals surface area contributed by atoms with E-state index in [2.05, 4.69) is 10.3 Å². The molecule has 126 valence electrons. The molecule has 0 aliphatic rings. The van der Waals surface area contributed by atoms with E-state index in [1.807, 2.05) is 0 Å². The second-order valence-corrected chi connectivity index (χ2v) is 5.90. The Labute approximate surface area is 131 Å². The molecule has 0 fully saturated rings. The maximum atomic E-state index is 12.9. The number of aliphatic hydroxyl groups is 1. The van der Waals surface area contributed by atoms with Gasteiger partial charge in [-0.1, -0.05) is 6.92 Å². The molecule has 0 aliphatic carbocycles. The third-order valence-corrected chi connectivity index (χ3v) is 3.42. The lowest BCUT2D eigenvalue weighted by molar-refractivity contribution is -0.137. The van der Waals surface area contributed by atoms with Crippen LogP contribution >= 0.6 is 0 Å². The fourth-order valence-electron chi connectivity index (χ4n) is 2.15. The first-order chi connectivity index (χ1) is 10.6. The van der Waals surface area contributed by atoms with E-state index in [4.69, 9.17) is 0 Å². The number of carbonyl (C=O) groups is 1. The summed E-state index contributed by atoms with van der Waals surface area (Å²) in [5.41, 5.74) is -1.04. The van der Waals surface area contributed by atoms with E-state index in [1.54, 1.807) is 20.8 Å². The highest BCUT2D eigenvalue weighted by Gasteiger charge is 2.32. The lowest BCUT2D eigenvalue weighted by atomic mass is 10.1. The zero-order chi connectivity index (χ0) is 17.4. The van der Waals surface area contributed by atoms with Crippen LogP contribution in [0.25, 0.3) is 5.65 Å². The summed E-state index contributed by atoms with van der Waals surface area (Å²) in [4.78, 5) is 16.7. The Morgan fingerprint density at radius 2 is 2.00 bits per heavy atom. The number of fused-ring (bicyclic) bond motifs is 1.